The van der Waals surface area contributed by atoms with Gasteiger partial charge in [-0.25, -0.2) is 0 Å². The molecule has 2 N–H and O–H groups in total. The maximum Gasteiger partial charge on any atom is 0.255 e. The standard InChI is InChI=1S/C21H18ClN3O3/c1-28-19-9-8-16(12-18(19)22)25-21(27)15-6-4-5-14(11-15)20(26)24-13-17-7-2-3-10-23-17/h2-12H,13H2,1H3,(H,24,26)(H,25,27). The van der Waals surface area contributed by atoms with E-state index in [4.69, 9.17) is 16.3 Å². The number of nitrogens with one attached hydrogen (secondary N) is 2. The highest BCUT2D eigenvalue weighted by molar-refractivity contribution is 6.32. The van der Waals surface area contributed by atoms with Crippen LogP contribution in [0.1, 0.15) is 26.4 Å². The molecule has 0 fully saturated rings. The Hall–Kier alpha value is -3.38. The number of hydrogen-bond donors (Lipinski definition) is 2. The van der Waals surface area contributed by atoms with E-state index in [9.17, 15) is 9.59 Å². The Morgan fingerprint density at radius 1 is 1.00 bits per heavy atom. The average molecular weight is 396 g/mol. The fourth-order valence-electron chi connectivity index (χ4n) is 2.52. The smallest absolute Gasteiger partial charge is 0.255 e. The second-order valence-electron chi connectivity index (χ2n) is 5.89. The fourth-order valence-corrected chi connectivity index (χ4v) is 2.78. The zero-order valence-electron chi connectivity index (χ0n) is 15.1. The van der Waals surface area contributed by atoms with Crippen molar-refractivity contribution in [3.63, 3.8) is 0 Å². The van der Waals surface area contributed by atoms with Crippen LogP contribution in [0.25, 0.3) is 0 Å². The van der Waals surface area contributed by atoms with Crippen molar-refractivity contribution in [2.75, 3.05) is 12.4 Å². The van der Waals surface area contributed by atoms with Crippen LogP contribution < -0.4 is 15.4 Å². The lowest BCUT2D eigenvalue weighted by atomic mass is 10.1. The average Bonchev–Trinajstić information content (AvgIpc) is 2.73. The van der Waals surface area contributed by atoms with Gasteiger partial charge in [0.15, 0.2) is 0 Å². The highest BCUT2D eigenvalue weighted by Gasteiger charge is 2.12. The van der Waals surface area contributed by atoms with Crippen molar-refractivity contribution in [3.05, 3.63) is 88.7 Å². The van der Waals surface area contributed by atoms with Gasteiger partial charge >= 0.3 is 0 Å². The number of nitrogens with zero attached hydrogens (tertiary/aromatic N) is 1. The van der Waals surface area contributed by atoms with Crippen LogP contribution >= 0.6 is 11.6 Å². The van der Waals surface area contributed by atoms with Gasteiger partial charge in [0.05, 0.1) is 24.4 Å². The van der Waals surface area contributed by atoms with Crippen LogP contribution in [-0.4, -0.2) is 23.9 Å². The van der Waals surface area contributed by atoms with Gasteiger partial charge in [-0.15, -0.1) is 0 Å². The van der Waals surface area contributed by atoms with E-state index in [1.54, 1.807) is 42.6 Å². The maximum atomic E-state index is 12.5. The summed E-state index contributed by atoms with van der Waals surface area (Å²) in [4.78, 5) is 29.0. The molecule has 0 aliphatic heterocycles. The van der Waals surface area contributed by atoms with Crippen molar-refractivity contribution in [2.45, 2.75) is 6.54 Å². The normalized spacial score (nSPS) is 10.2. The second-order valence-corrected chi connectivity index (χ2v) is 6.30. The predicted molar refractivity (Wildman–Crippen MR) is 108 cm³/mol. The van der Waals surface area contributed by atoms with Crippen LogP contribution in [-0.2, 0) is 6.54 Å². The Morgan fingerprint density at radius 2 is 1.79 bits per heavy atom. The molecule has 0 radical (unpaired) electrons. The van der Waals surface area contributed by atoms with Crippen molar-refractivity contribution in [3.8, 4) is 5.75 Å². The number of carbonyl (C=O) groups excluding carboxylic acids is 2. The summed E-state index contributed by atoms with van der Waals surface area (Å²) < 4.78 is 5.09. The van der Waals surface area contributed by atoms with Gasteiger partial charge in [-0.05, 0) is 48.5 Å². The molecule has 0 atom stereocenters. The molecule has 0 spiro atoms. The largest absolute Gasteiger partial charge is 0.495 e. The molecule has 0 bridgehead atoms. The first-order valence-corrected chi connectivity index (χ1v) is 8.87. The van der Waals surface area contributed by atoms with Crippen LogP contribution in [0.15, 0.2) is 66.9 Å². The molecular formula is C21H18ClN3O3. The Morgan fingerprint density at radius 3 is 2.46 bits per heavy atom. The van der Waals surface area contributed by atoms with E-state index in [-0.39, 0.29) is 11.8 Å². The highest BCUT2D eigenvalue weighted by Crippen LogP contribution is 2.27. The van der Waals surface area contributed by atoms with Crippen LogP contribution in [0.2, 0.25) is 5.02 Å². The Labute approximate surface area is 167 Å². The van der Waals surface area contributed by atoms with E-state index >= 15 is 0 Å². The fraction of sp³-hybridized carbons (Fsp3) is 0.0952. The molecule has 0 unspecified atom stereocenters. The Bertz CT molecular complexity index is 993. The molecule has 0 saturated carbocycles. The summed E-state index contributed by atoms with van der Waals surface area (Å²) in [5.41, 5.74) is 2.02. The van der Waals surface area contributed by atoms with Gasteiger partial charge in [-0.3, -0.25) is 14.6 Å². The first-order chi connectivity index (χ1) is 13.6. The lowest BCUT2D eigenvalue weighted by Crippen LogP contribution is -2.23. The summed E-state index contributed by atoms with van der Waals surface area (Å²) in [6.07, 6.45) is 1.66. The minimum atomic E-state index is -0.347. The molecule has 1 aromatic heterocycles. The molecule has 2 aromatic carbocycles. The van der Waals surface area contributed by atoms with E-state index in [1.807, 2.05) is 18.2 Å². The van der Waals surface area contributed by atoms with Gasteiger partial charge in [-0.2, -0.15) is 0 Å². The summed E-state index contributed by atoms with van der Waals surface area (Å²) in [6, 6.07) is 16.9. The van der Waals surface area contributed by atoms with Gasteiger partial charge in [0, 0.05) is 23.0 Å². The molecule has 28 heavy (non-hydrogen) atoms. The third-order valence-electron chi connectivity index (χ3n) is 3.95. The van der Waals surface area contributed by atoms with E-state index in [0.717, 1.165) is 5.69 Å². The predicted octanol–water partition coefficient (Wildman–Crippen LogP) is 3.93. The number of aromatic nitrogens is 1. The van der Waals surface area contributed by atoms with E-state index < -0.39 is 0 Å². The number of carbonyl (C=O) groups is 2. The molecule has 0 aliphatic rings. The first-order valence-electron chi connectivity index (χ1n) is 8.50. The quantitative estimate of drug-likeness (QED) is 0.662. The lowest BCUT2D eigenvalue weighted by Gasteiger charge is -2.09. The summed E-state index contributed by atoms with van der Waals surface area (Å²) in [7, 11) is 1.52. The van der Waals surface area contributed by atoms with E-state index in [0.29, 0.717) is 34.1 Å². The number of methoxy groups -OCH3 is 1. The molecule has 2 amide bonds. The van der Waals surface area contributed by atoms with Gasteiger partial charge in [0.1, 0.15) is 5.75 Å². The lowest BCUT2D eigenvalue weighted by molar-refractivity contribution is 0.0950. The van der Waals surface area contributed by atoms with Crippen LogP contribution in [0, 0.1) is 0 Å². The van der Waals surface area contributed by atoms with E-state index in [1.165, 1.54) is 13.2 Å². The number of hydrogen-bond acceptors (Lipinski definition) is 4. The number of amides is 2. The van der Waals surface area contributed by atoms with Crippen LogP contribution in [0.4, 0.5) is 5.69 Å². The highest BCUT2D eigenvalue weighted by atomic mass is 35.5. The second kappa shape index (κ2) is 9.01. The number of halogens is 1. The molecule has 6 nitrogen and oxygen atoms in total. The molecule has 3 rings (SSSR count). The first kappa shape index (κ1) is 19.4. The van der Waals surface area contributed by atoms with Crippen molar-refractivity contribution < 1.29 is 14.3 Å². The van der Waals surface area contributed by atoms with E-state index in [2.05, 4.69) is 15.6 Å². The van der Waals surface area contributed by atoms with Gasteiger partial charge in [0.25, 0.3) is 11.8 Å². The number of rotatable bonds is 6. The van der Waals surface area contributed by atoms with Crippen molar-refractivity contribution in [1.29, 1.82) is 0 Å². The molecule has 7 heteroatoms. The van der Waals surface area contributed by atoms with Crippen molar-refractivity contribution in [2.24, 2.45) is 0 Å². The van der Waals surface area contributed by atoms with Crippen LogP contribution in [0.5, 0.6) is 5.75 Å². The maximum absolute atomic E-state index is 12.5. The molecule has 0 saturated heterocycles. The molecular weight excluding hydrogens is 378 g/mol. The Balaban J connectivity index is 1.67. The van der Waals surface area contributed by atoms with Crippen molar-refractivity contribution in [1.82, 2.24) is 10.3 Å². The molecule has 1 heterocycles. The summed E-state index contributed by atoms with van der Waals surface area (Å²) >= 11 is 6.08. The zero-order chi connectivity index (χ0) is 19.9. The number of pyridine rings is 1. The number of anilines is 1. The van der Waals surface area contributed by atoms with Gasteiger partial charge in [0.2, 0.25) is 0 Å². The van der Waals surface area contributed by atoms with Gasteiger partial charge < -0.3 is 15.4 Å². The van der Waals surface area contributed by atoms with Gasteiger partial charge in [-0.1, -0.05) is 23.7 Å². The third-order valence-corrected chi connectivity index (χ3v) is 4.25. The summed E-state index contributed by atoms with van der Waals surface area (Å²) in [5, 5.41) is 5.93. The SMILES string of the molecule is COc1ccc(NC(=O)c2cccc(C(=O)NCc3ccccn3)c2)cc1Cl. The summed E-state index contributed by atoms with van der Waals surface area (Å²) in [5.74, 6) is -0.111. The van der Waals surface area contributed by atoms with Crippen molar-refractivity contribution >= 4 is 29.1 Å². The summed E-state index contributed by atoms with van der Waals surface area (Å²) in [6.45, 7) is 0.306. The third kappa shape index (κ3) is 4.86. The molecule has 0 aliphatic carbocycles. The Kier molecular flexibility index (Phi) is 6.24. The monoisotopic (exact) mass is 395 g/mol. The minimum absolute atomic E-state index is 0.284. The zero-order valence-corrected chi connectivity index (χ0v) is 15.9. The molecule has 142 valence electrons. The van der Waals surface area contributed by atoms with Crippen LogP contribution in [0.3, 0.4) is 0 Å². The topological polar surface area (TPSA) is 80.3 Å². The minimum Gasteiger partial charge on any atom is -0.495 e. The number of ether oxygens (including phenoxy) is 1. The molecule has 3 aromatic rings. The number of benzene rings is 2.